The first-order valence-electron chi connectivity index (χ1n) is 3.68. The van der Waals surface area contributed by atoms with Crippen LogP contribution in [0.4, 0.5) is 0 Å². The van der Waals surface area contributed by atoms with Crippen LogP contribution in [0.3, 0.4) is 0 Å². The van der Waals surface area contributed by atoms with Gasteiger partial charge in [0.25, 0.3) is 0 Å². The Balaban J connectivity index is 3.26. The normalized spacial score (nSPS) is 11.8. The van der Waals surface area contributed by atoms with Gasteiger partial charge in [-0.05, 0) is 35.6 Å². The smallest absolute Gasteiger partial charge is 0.0959 e. The molecule has 0 N–H and O–H groups in total. The summed E-state index contributed by atoms with van der Waals surface area (Å²) >= 11 is 8.21. The third-order valence-electron chi connectivity index (χ3n) is 1.61. The summed E-state index contributed by atoms with van der Waals surface area (Å²) in [6, 6.07) is 9.75. The molecule has 0 spiro atoms. The van der Waals surface area contributed by atoms with E-state index < -0.39 is 0 Å². The highest BCUT2D eigenvalue weighted by Crippen LogP contribution is 2.26. The Morgan fingerprint density at radius 1 is 1.46 bits per heavy atom. The van der Waals surface area contributed by atoms with E-state index in [1.54, 1.807) is 6.92 Å². The summed E-state index contributed by atoms with van der Waals surface area (Å²) in [5.74, 6) is 0. The van der Waals surface area contributed by atoms with Gasteiger partial charge in [0.15, 0.2) is 0 Å². The number of benzene rings is 1. The zero-order valence-corrected chi connectivity index (χ0v) is 9.93. The quantitative estimate of drug-likeness (QED) is 0.572. The van der Waals surface area contributed by atoms with E-state index in [1.807, 2.05) is 30.3 Å². The molecule has 0 aliphatic rings. The molecule has 0 atom stereocenters. The molecule has 1 aromatic carbocycles. The number of hydrogen-bond donors (Lipinski definition) is 0. The van der Waals surface area contributed by atoms with Crippen molar-refractivity contribution in [2.45, 2.75) is 6.92 Å². The van der Waals surface area contributed by atoms with Crippen molar-refractivity contribution in [1.29, 1.82) is 5.26 Å². The Hall–Kier alpha value is -0.530. The van der Waals surface area contributed by atoms with Crippen LogP contribution in [0.1, 0.15) is 12.5 Å². The third kappa shape index (κ3) is 2.45. The molecule has 13 heavy (non-hydrogen) atoms. The molecule has 0 radical (unpaired) electrons. The minimum Gasteiger partial charge on any atom is -0.193 e. The van der Waals surface area contributed by atoms with Gasteiger partial charge in [-0.1, -0.05) is 29.8 Å². The first-order chi connectivity index (χ1) is 6.16. The van der Waals surface area contributed by atoms with Gasteiger partial charge >= 0.3 is 0 Å². The van der Waals surface area contributed by atoms with Gasteiger partial charge in [-0.25, -0.2) is 0 Å². The number of nitrogens with zero attached hydrogens (tertiary/aromatic N) is 1. The van der Waals surface area contributed by atoms with Crippen molar-refractivity contribution >= 4 is 39.2 Å². The van der Waals surface area contributed by atoms with Gasteiger partial charge in [0.2, 0.25) is 0 Å². The summed E-state index contributed by atoms with van der Waals surface area (Å²) in [7, 11) is 0. The highest BCUT2D eigenvalue weighted by Gasteiger charge is 2.05. The van der Waals surface area contributed by atoms with Gasteiger partial charge in [0.1, 0.15) is 0 Å². The monoisotopic (exact) mass is 303 g/mol. The topological polar surface area (TPSA) is 23.8 Å². The van der Waals surface area contributed by atoms with Crippen molar-refractivity contribution in [2.24, 2.45) is 0 Å². The molecule has 0 unspecified atom stereocenters. The molecule has 0 aliphatic carbocycles. The zero-order chi connectivity index (χ0) is 9.84. The maximum atomic E-state index is 8.66. The fourth-order valence-corrected chi connectivity index (χ4v) is 1.91. The van der Waals surface area contributed by atoms with Crippen LogP contribution < -0.4 is 0 Å². The summed E-state index contributed by atoms with van der Waals surface area (Å²) in [5.41, 5.74) is 1.47. The lowest BCUT2D eigenvalue weighted by molar-refractivity contribution is 1.45. The average molecular weight is 304 g/mol. The molecule has 1 rings (SSSR count). The van der Waals surface area contributed by atoms with Gasteiger partial charge in [0.05, 0.1) is 11.1 Å². The van der Waals surface area contributed by atoms with E-state index in [4.69, 9.17) is 16.9 Å². The van der Waals surface area contributed by atoms with E-state index in [9.17, 15) is 0 Å². The van der Waals surface area contributed by atoms with Crippen LogP contribution in [0, 0.1) is 14.9 Å². The van der Waals surface area contributed by atoms with E-state index in [0.717, 1.165) is 9.13 Å². The van der Waals surface area contributed by atoms with Crippen LogP contribution in [0.2, 0.25) is 0 Å². The Bertz CT molecular complexity index is 390. The second kappa shape index (κ2) is 4.64. The molecular formula is C10H7ClIN. The summed E-state index contributed by atoms with van der Waals surface area (Å²) in [5, 5.41) is 9.20. The van der Waals surface area contributed by atoms with Crippen molar-refractivity contribution in [1.82, 2.24) is 0 Å². The molecular weight excluding hydrogens is 296 g/mol. The number of hydrogen-bond acceptors (Lipinski definition) is 1. The lowest BCUT2D eigenvalue weighted by atomic mass is 10.1. The van der Waals surface area contributed by atoms with Crippen LogP contribution in [-0.4, -0.2) is 0 Å². The lowest BCUT2D eigenvalue weighted by Gasteiger charge is -2.02. The number of allylic oxidation sites excluding steroid dienone is 1. The summed E-state index contributed by atoms with van der Waals surface area (Å²) in [6.45, 7) is 1.71. The number of rotatable bonds is 1. The maximum Gasteiger partial charge on any atom is 0.0959 e. The lowest BCUT2D eigenvalue weighted by Crippen LogP contribution is -1.84. The van der Waals surface area contributed by atoms with Crippen LogP contribution in [-0.2, 0) is 0 Å². The third-order valence-corrected chi connectivity index (χ3v) is 3.04. The van der Waals surface area contributed by atoms with Crippen LogP contribution in [0.25, 0.3) is 5.03 Å². The second-order valence-electron chi connectivity index (χ2n) is 2.53. The van der Waals surface area contributed by atoms with E-state index in [1.165, 1.54) is 0 Å². The highest BCUT2D eigenvalue weighted by molar-refractivity contribution is 14.1. The van der Waals surface area contributed by atoms with Gasteiger partial charge < -0.3 is 0 Å². The molecule has 1 aromatic rings. The molecule has 0 saturated heterocycles. The predicted octanol–water partition coefficient (Wildman–Crippen LogP) is 3.78. The molecule has 1 nitrogen and oxygen atoms in total. The number of halogens is 2. The Morgan fingerprint density at radius 3 is 2.62 bits per heavy atom. The van der Waals surface area contributed by atoms with E-state index in [-0.39, 0.29) is 0 Å². The van der Waals surface area contributed by atoms with Crippen LogP contribution >= 0.6 is 34.2 Å². The molecule has 0 bridgehead atoms. The van der Waals surface area contributed by atoms with Gasteiger partial charge in [-0.15, -0.1) is 0 Å². The summed E-state index contributed by atoms with van der Waals surface area (Å²) in [6.07, 6.45) is 0. The second-order valence-corrected chi connectivity index (χ2v) is 4.07. The standard InChI is InChI=1S/C10H7ClIN/c1-7(6-13)10(11)8-4-2-3-5-9(8)12/h2-5H,1H3. The minimum atomic E-state index is 0.535. The average Bonchev–Trinajstić information content (AvgIpc) is 2.16. The maximum absolute atomic E-state index is 8.66. The SMILES string of the molecule is CC(C#N)=C(Cl)c1ccccc1I. The molecule has 0 fully saturated rings. The Labute approximate surface area is 96.2 Å². The first-order valence-corrected chi connectivity index (χ1v) is 5.14. The number of nitriles is 1. The summed E-state index contributed by atoms with van der Waals surface area (Å²) < 4.78 is 1.06. The molecule has 0 saturated carbocycles. The molecule has 66 valence electrons. The molecule has 0 aromatic heterocycles. The molecule has 0 aliphatic heterocycles. The molecule has 0 amide bonds. The Morgan fingerprint density at radius 2 is 2.08 bits per heavy atom. The van der Waals surface area contributed by atoms with Gasteiger partial charge in [-0.3, -0.25) is 0 Å². The predicted molar refractivity (Wildman–Crippen MR) is 63.2 cm³/mol. The van der Waals surface area contributed by atoms with Crippen molar-refractivity contribution in [3.05, 3.63) is 39.0 Å². The van der Waals surface area contributed by atoms with Crippen molar-refractivity contribution in [2.75, 3.05) is 0 Å². The summed E-state index contributed by atoms with van der Waals surface area (Å²) in [4.78, 5) is 0. The first kappa shape index (κ1) is 10.6. The minimum absolute atomic E-state index is 0.535. The van der Waals surface area contributed by atoms with Crippen LogP contribution in [0.5, 0.6) is 0 Å². The largest absolute Gasteiger partial charge is 0.193 e. The van der Waals surface area contributed by atoms with Gasteiger partial charge in [-0.2, -0.15) is 5.26 Å². The Kier molecular flexibility index (Phi) is 3.76. The fraction of sp³-hybridized carbons (Fsp3) is 0.100. The highest BCUT2D eigenvalue weighted by atomic mass is 127. The van der Waals surface area contributed by atoms with E-state index in [0.29, 0.717) is 10.6 Å². The zero-order valence-electron chi connectivity index (χ0n) is 7.01. The van der Waals surface area contributed by atoms with Crippen molar-refractivity contribution < 1.29 is 0 Å². The van der Waals surface area contributed by atoms with Crippen molar-refractivity contribution in [3.8, 4) is 6.07 Å². The molecule has 3 heteroatoms. The fourth-order valence-electron chi connectivity index (χ4n) is 0.890. The van der Waals surface area contributed by atoms with Crippen molar-refractivity contribution in [3.63, 3.8) is 0 Å². The van der Waals surface area contributed by atoms with E-state index in [2.05, 4.69) is 22.6 Å². The molecule has 0 heterocycles. The van der Waals surface area contributed by atoms with E-state index >= 15 is 0 Å². The van der Waals surface area contributed by atoms with Crippen LogP contribution in [0.15, 0.2) is 29.8 Å². The van der Waals surface area contributed by atoms with Gasteiger partial charge in [0, 0.05) is 14.7 Å².